The van der Waals surface area contributed by atoms with Gasteiger partial charge in [-0.2, -0.15) is 11.8 Å². The zero-order valence-corrected chi connectivity index (χ0v) is 10.4. The lowest BCUT2D eigenvalue weighted by atomic mass is 9.88. The predicted molar refractivity (Wildman–Crippen MR) is 64.0 cm³/mol. The van der Waals surface area contributed by atoms with Crippen LogP contribution in [0, 0.1) is 0 Å². The van der Waals surface area contributed by atoms with Gasteiger partial charge in [0.1, 0.15) is 0 Å². The summed E-state index contributed by atoms with van der Waals surface area (Å²) in [7, 11) is 0. The summed E-state index contributed by atoms with van der Waals surface area (Å²) in [5, 5.41) is 3.65. The molecule has 1 saturated carbocycles. The highest BCUT2D eigenvalue weighted by molar-refractivity contribution is 7.98. The van der Waals surface area contributed by atoms with Crippen LogP contribution in [-0.2, 0) is 4.74 Å². The summed E-state index contributed by atoms with van der Waals surface area (Å²) >= 11 is 1.93. The molecule has 0 spiro atoms. The Morgan fingerprint density at radius 3 is 2.79 bits per heavy atom. The molecule has 0 aromatic heterocycles. The Bertz CT molecular complexity index is 148. The molecule has 1 fully saturated rings. The van der Waals surface area contributed by atoms with Crippen LogP contribution in [0.2, 0.25) is 0 Å². The predicted octanol–water partition coefficient (Wildman–Crippen LogP) is 2.29. The number of thioether (sulfide) groups is 1. The van der Waals surface area contributed by atoms with Crippen molar-refractivity contribution in [3.63, 3.8) is 0 Å². The molecule has 1 rings (SSSR count). The van der Waals surface area contributed by atoms with Gasteiger partial charge in [0.2, 0.25) is 0 Å². The summed E-state index contributed by atoms with van der Waals surface area (Å²) in [6, 6.07) is 1.37. The van der Waals surface area contributed by atoms with Gasteiger partial charge in [-0.1, -0.05) is 0 Å². The van der Waals surface area contributed by atoms with Crippen molar-refractivity contribution >= 4 is 11.8 Å². The Morgan fingerprint density at radius 2 is 2.21 bits per heavy atom. The van der Waals surface area contributed by atoms with Crippen molar-refractivity contribution < 1.29 is 4.74 Å². The molecule has 1 unspecified atom stereocenters. The van der Waals surface area contributed by atoms with Crippen LogP contribution < -0.4 is 5.32 Å². The third-order valence-corrected chi connectivity index (χ3v) is 3.42. The molecule has 0 saturated heterocycles. The average molecular weight is 217 g/mol. The van der Waals surface area contributed by atoms with E-state index in [-0.39, 0.29) is 0 Å². The molecule has 84 valence electrons. The highest BCUT2D eigenvalue weighted by Crippen LogP contribution is 2.23. The summed E-state index contributed by atoms with van der Waals surface area (Å²) in [6.07, 6.45) is 6.39. The number of nitrogens with one attached hydrogen (secondary N) is 1. The standard InChI is InChI=1S/C11H23NOS/c1-4-13-11-7-10(8-11)12-9(2)5-6-14-3/h9-12H,4-8H2,1-3H3. The van der Waals surface area contributed by atoms with E-state index in [1.54, 1.807) is 0 Å². The lowest BCUT2D eigenvalue weighted by molar-refractivity contribution is -0.0119. The van der Waals surface area contributed by atoms with Crippen LogP contribution in [0.15, 0.2) is 0 Å². The summed E-state index contributed by atoms with van der Waals surface area (Å²) in [6.45, 7) is 5.21. The average Bonchev–Trinajstić information content (AvgIpc) is 2.11. The number of hydrogen-bond donors (Lipinski definition) is 1. The van der Waals surface area contributed by atoms with Crippen LogP contribution in [-0.4, -0.2) is 36.8 Å². The first-order valence-corrected chi connectivity index (χ1v) is 7.02. The van der Waals surface area contributed by atoms with Crippen molar-refractivity contribution in [2.45, 2.75) is 51.3 Å². The van der Waals surface area contributed by atoms with Crippen molar-refractivity contribution in [3.05, 3.63) is 0 Å². The first-order valence-electron chi connectivity index (χ1n) is 5.62. The highest BCUT2D eigenvalue weighted by Gasteiger charge is 2.29. The van der Waals surface area contributed by atoms with Gasteiger partial charge in [0.15, 0.2) is 0 Å². The van der Waals surface area contributed by atoms with Crippen LogP contribution in [0.3, 0.4) is 0 Å². The summed E-state index contributed by atoms with van der Waals surface area (Å²) in [4.78, 5) is 0. The van der Waals surface area contributed by atoms with E-state index in [1.165, 1.54) is 25.0 Å². The Hall–Kier alpha value is 0.270. The molecule has 0 heterocycles. The third kappa shape index (κ3) is 4.20. The van der Waals surface area contributed by atoms with Crippen molar-refractivity contribution in [2.24, 2.45) is 0 Å². The van der Waals surface area contributed by atoms with Crippen LogP contribution >= 0.6 is 11.8 Å². The molecule has 0 bridgehead atoms. The van der Waals surface area contributed by atoms with Crippen LogP contribution in [0.25, 0.3) is 0 Å². The largest absolute Gasteiger partial charge is 0.378 e. The van der Waals surface area contributed by atoms with E-state index >= 15 is 0 Å². The Morgan fingerprint density at radius 1 is 1.50 bits per heavy atom. The molecular weight excluding hydrogens is 194 g/mol. The molecule has 0 amide bonds. The smallest absolute Gasteiger partial charge is 0.0604 e. The normalized spacial score (nSPS) is 28.5. The Kier molecular flexibility index (Phi) is 5.90. The van der Waals surface area contributed by atoms with Gasteiger partial charge >= 0.3 is 0 Å². The fourth-order valence-electron chi connectivity index (χ4n) is 1.85. The quantitative estimate of drug-likeness (QED) is 0.707. The molecule has 0 radical (unpaired) electrons. The first kappa shape index (κ1) is 12.3. The van der Waals surface area contributed by atoms with Crippen LogP contribution in [0.5, 0.6) is 0 Å². The van der Waals surface area contributed by atoms with Gasteiger partial charge in [0.05, 0.1) is 6.10 Å². The van der Waals surface area contributed by atoms with Crippen LogP contribution in [0.1, 0.15) is 33.1 Å². The fourth-order valence-corrected chi connectivity index (χ4v) is 2.44. The second kappa shape index (κ2) is 6.70. The van der Waals surface area contributed by atoms with Gasteiger partial charge in [-0.25, -0.2) is 0 Å². The van der Waals surface area contributed by atoms with Crippen LogP contribution in [0.4, 0.5) is 0 Å². The van der Waals surface area contributed by atoms with Gasteiger partial charge in [-0.3, -0.25) is 0 Å². The lowest BCUT2D eigenvalue weighted by Gasteiger charge is -2.37. The van der Waals surface area contributed by atoms with E-state index in [1.807, 2.05) is 11.8 Å². The fraction of sp³-hybridized carbons (Fsp3) is 1.00. The van der Waals surface area contributed by atoms with Gasteiger partial charge in [0, 0.05) is 18.7 Å². The van der Waals surface area contributed by atoms with Gasteiger partial charge in [-0.05, 0) is 45.1 Å². The molecule has 1 atom stereocenters. The molecule has 1 N–H and O–H groups in total. The van der Waals surface area contributed by atoms with Crippen molar-refractivity contribution in [1.82, 2.24) is 5.32 Å². The summed E-state index contributed by atoms with van der Waals surface area (Å²) < 4.78 is 5.53. The molecule has 1 aliphatic carbocycles. The van der Waals surface area contributed by atoms with E-state index in [4.69, 9.17) is 4.74 Å². The maximum atomic E-state index is 5.53. The van der Waals surface area contributed by atoms with E-state index in [2.05, 4.69) is 25.4 Å². The van der Waals surface area contributed by atoms with Crippen molar-refractivity contribution in [3.8, 4) is 0 Å². The second-order valence-corrected chi connectivity index (χ2v) is 5.08. The number of hydrogen-bond acceptors (Lipinski definition) is 3. The van der Waals surface area contributed by atoms with Crippen molar-refractivity contribution in [1.29, 1.82) is 0 Å². The molecule has 0 aliphatic heterocycles. The Labute approximate surface area is 92.2 Å². The molecule has 14 heavy (non-hydrogen) atoms. The van der Waals surface area contributed by atoms with Gasteiger partial charge < -0.3 is 10.1 Å². The Balaban J connectivity index is 1.98. The molecule has 3 heteroatoms. The molecule has 0 aromatic carbocycles. The second-order valence-electron chi connectivity index (χ2n) is 4.09. The zero-order valence-electron chi connectivity index (χ0n) is 9.58. The highest BCUT2D eigenvalue weighted by atomic mass is 32.2. The van der Waals surface area contributed by atoms with E-state index in [0.717, 1.165) is 6.61 Å². The number of ether oxygens (including phenoxy) is 1. The number of rotatable bonds is 7. The zero-order chi connectivity index (χ0) is 10.4. The summed E-state index contributed by atoms with van der Waals surface area (Å²) in [5.74, 6) is 1.26. The monoisotopic (exact) mass is 217 g/mol. The van der Waals surface area contributed by atoms with Gasteiger partial charge in [0.25, 0.3) is 0 Å². The van der Waals surface area contributed by atoms with E-state index in [0.29, 0.717) is 18.2 Å². The molecule has 2 nitrogen and oxygen atoms in total. The first-order chi connectivity index (χ1) is 6.76. The lowest BCUT2D eigenvalue weighted by Crippen LogP contribution is -2.48. The molecule has 1 aliphatic rings. The van der Waals surface area contributed by atoms with Gasteiger partial charge in [-0.15, -0.1) is 0 Å². The van der Waals surface area contributed by atoms with E-state index < -0.39 is 0 Å². The van der Waals surface area contributed by atoms with E-state index in [9.17, 15) is 0 Å². The SMILES string of the molecule is CCOC1CC(NC(C)CCSC)C1. The summed E-state index contributed by atoms with van der Waals surface area (Å²) in [5.41, 5.74) is 0. The topological polar surface area (TPSA) is 21.3 Å². The molecular formula is C11H23NOS. The third-order valence-electron chi connectivity index (χ3n) is 2.77. The minimum absolute atomic E-state index is 0.533. The minimum Gasteiger partial charge on any atom is -0.378 e. The van der Waals surface area contributed by atoms with Crippen molar-refractivity contribution in [2.75, 3.05) is 18.6 Å². The maximum absolute atomic E-state index is 5.53. The maximum Gasteiger partial charge on any atom is 0.0604 e. The minimum atomic E-state index is 0.533. The molecule has 0 aromatic rings.